The van der Waals surface area contributed by atoms with Crippen molar-refractivity contribution in [3.63, 3.8) is 0 Å². The van der Waals surface area contributed by atoms with Crippen LogP contribution in [0.3, 0.4) is 0 Å². The summed E-state index contributed by atoms with van der Waals surface area (Å²) in [5, 5.41) is 9.59. The zero-order valence-electron chi connectivity index (χ0n) is 19.1. The van der Waals surface area contributed by atoms with Gasteiger partial charge in [-0.25, -0.2) is 0 Å². The summed E-state index contributed by atoms with van der Waals surface area (Å²) in [6.07, 6.45) is 4.53. The molecule has 1 amide bonds. The molecule has 0 unspecified atom stereocenters. The number of benzene rings is 2. The number of rotatable bonds is 6. The van der Waals surface area contributed by atoms with E-state index in [4.69, 9.17) is 0 Å². The first-order valence-corrected chi connectivity index (χ1v) is 13.4. The number of carbonyl (C=O) groups is 1. The quantitative estimate of drug-likeness (QED) is 0.370. The molecule has 0 N–H and O–H groups in total. The first-order chi connectivity index (χ1) is 16.6. The Morgan fingerprint density at radius 1 is 1.00 bits per heavy atom. The van der Waals surface area contributed by atoms with Crippen molar-refractivity contribution in [3.8, 4) is 5.69 Å². The highest BCUT2D eigenvalue weighted by atomic mass is 32.2. The van der Waals surface area contributed by atoms with Crippen molar-refractivity contribution in [2.24, 2.45) is 0 Å². The third kappa shape index (κ3) is 4.67. The van der Waals surface area contributed by atoms with Crippen LogP contribution in [0.25, 0.3) is 15.9 Å². The number of aromatic nitrogens is 4. The lowest BCUT2D eigenvalue weighted by Gasteiger charge is -2.20. The lowest BCUT2D eigenvalue weighted by molar-refractivity contribution is -0.128. The van der Waals surface area contributed by atoms with Crippen molar-refractivity contribution < 1.29 is 4.79 Å². The van der Waals surface area contributed by atoms with E-state index in [1.165, 1.54) is 35.9 Å². The number of thioether (sulfide) groups is 1. The number of fused-ring (bicyclic) bond motifs is 1. The monoisotopic (exact) mass is 493 g/mol. The molecule has 2 aromatic heterocycles. The van der Waals surface area contributed by atoms with E-state index in [9.17, 15) is 9.59 Å². The van der Waals surface area contributed by atoms with E-state index in [0.29, 0.717) is 23.3 Å². The Balaban J connectivity index is 1.47. The van der Waals surface area contributed by atoms with Crippen LogP contribution in [0.2, 0.25) is 0 Å². The molecule has 1 saturated heterocycles. The van der Waals surface area contributed by atoms with Gasteiger partial charge in [-0.1, -0.05) is 66.3 Å². The molecule has 3 heterocycles. The second-order valence-electron chi connectivity index (χ2n) is 8.53. The minimum absolute atomic E-state index is 0.0221. The summed E-state index contributed by atoms with van der Waals surface area (Å²) in [6, 6.07) is 15.8. The zero-order chi connectivity index (χ0) is 23.5. The third-order valence-electron chi connectivity index (χ3n) is 6.21. The van der Waals surface area contributed by atoms with Crippen LogP contribution in [0.15, 0.2) is 58.5 Å². The number of aryl methyl sites for hydroxylation is 1. The number of nitrogens with zero attached hydrogens (tertiary/aromatic N) is 5. The first kappa shape index (κ1) is 22.9. The lowest BCUT2D eigenvalue weighted by atomic mass is 10.2. The van der Waals surface area contributed by atoms with Gasteiger partial charge in [-0.3, -0.25) is 18.7 Å². The fourth-order valence-corrected chi connectivity index (χ4v) is 6.15. The first-order valence-electron chi connectivity index (χ1n) is 11.6. The van der Waals surface area contributed by atoms with Gasteiger partial charge in [0.15, 0.2) is 11.0 Å². The highest BCUT2D eigenvalue weighted by molar-refractivity contribution is 7.99. The number of para-hydroxylation sites is 2. The Morgan fingerprint density at radius 3 is 2.53 bits per heavy atom. The average molecular weight is 494 g/mol. The largest absolute Gasteiger partial charge is 0.342 e. The number of amides is 1. The Labute approximate surface area is 206 Å². The topological polar surface area (TPSA) is 73.0 Å². The minimum atomic E-state index is -0.0221. The molecule has 0 bridgehead atoms. The predicted molar refractivity (Wildman–Crippen MR) is 137 cm³/mol. The molecule has 9 heteroatoms. The van der Waals surface area contributed by atoms with Crippen LogP contribution in [-0.2, 0) is 11.3 Å². The molecule has 4 aromatic rings. The van der Waals surface area contributed by atoms with Gasteiger partial charge in [0, 0.05) is 13.1 Å². The molecule has 1 aliphatic rings. The highest BCUT2D eigenvalue weighted by Crippen LogP contribution is 2.26. The van der Waals surface area contributed by atoms with Gasteiger partial charge >= 0.3 is 4.87 Å². The molecule has 0 radical (unpaired) electrons. The minimum Gasteiger partial charge on any atom is -0.342 e. The van der Waals surface area contributed by atoms with E-state index >= 15 is 0 Å². The van der Waals surface area contributed by atoms with Crippen LogP contribution in [0.5, 0.6) is 0 Å². The van der Waals surface area contributed by atoms with Crippen molar-refractivity contribution >= 4 is 39.2 Å². The van der Waals surface area contributed by atoms with Gasteiger partial charge in [0.05, 0.1) is 28.2 Å². The molecule has 1 aliphatic heterocycles. The van der Waals surface area contributed by atoms with Crippen LogP contribution in [0, 0.1) is 6.92 Å². The van der Waals surface area contributed by atoms with E-state index < -0.39 is 0 Å². The van der Waals surface area contributed by atoms with Crippen molar-refractivity contribution in [1.29, 1.82) is 0 Å². The maximum Gasteiger partial charge on any atom is 0.308 e. The van der Waals surface area contributed by atoms with Crippen LogP contribution in [0.1, 0.15) is 37.1 Å². The molecule has 176 valence electrons. The van der Waals surface area contributed by atoms with Gasteiger partial charge in [0.2, 0.25) is 5.91 Å². The zero-order valence-corrected chi connectivity index (χ0v) is 20.8. The Kier molecular flexibility index (Phi) is 6.82. The third-order valence-corrected chi connectivity index (χ3v) is 8.09. The molecule has 0 aliphatic carbocycles. The van der Waals surface area contributed by atoms with E-state index in [1.54, 1.807) is 4.57 Å². The molecule has 0 spiro atoms. The summed E-state index contributed by atoms with van der Waals surface area (Å²) in [7, 11) is 0. The van der Waals surface area contributed by atoms with E-state index in [-0.39, 0.29) is 10.8 Å². The summed E-state index contributed by atoms with van der Waals surface area (Å²) in [5.41, 5.74) is 2.92. The molecule has 1 fully saturated rings. The molecule has 34 heavy (non-hydrogen) atoms. The van der Waals surface area contributed by atoms with Crippen molar-refractivity contribution in [1.82, 2.24) is 24.2 Å². The molecule has 0 atom stereocenters. The summed E-state index contributed by atoms with van der Waals surface area (Å²) in [5.74, 6) is 1.14. The number of hydrogen-bond donors (Lipinski definition) is 0. The maximum atomic E-state index is 12.9. The summed E-state index contributed by atoms with van der Waals surface area (Å²) in [6.45, 7) is 4.03. The second kappa shape index (κ2) is 10.1. The fraction of sp³-hybridized carbons (Fsp3) is 0.360. The van der Waals surface area contributed by atoms with Gasteiger partial charge in [-0.15, -0.1) is 10.2 Å². The molecular weight excluding hydrogens is 466 g/mol. The van der Waals surface area contributed by atoms with Gasteiger partial charge in [-0.2, -0.15) is 0 Å². The molecule has 0 saturated carbocycles. The van der Waals surface area contributed by atoms with Crippen LogP contribution in [0.4, 0.5) is 0 Å². The van der Waals surface area contributed by atoms with Crippen molar-refractivity contribution in [2.75, 3.05) is 18.8 Å². The molecule has 2 aromatic carbocycles. The molecule has 7 nitrogen and oxygen atoms in total. The number of thiazole rings is 1. The fourth-order valence-electron chi connectivity index (χ4n) is 4.40. The molecule has 5 rings (SSSR count). The number of carbonyl (C=O) groups excluding carboxylic acids is 1. The van der Waals surface area contributed by atoms with Crippen LogP contribution >= 0.6 is 23.1 Å². The van der Waals surface area contributed by atoms with Crippen LogP contribution in [-0.4, -0.2) is 49.0 Å². The van der Waals surface area contributed by atoms with Gasteiger partial charge in [0.1, 0.15) is 0 Å². The Hall–Kier alpha value is -2.91. The molecular formula is C25H27N5O2S2. The van der Waals surface area contributed by atoms with Crippen molar-refractivity contribution in [2.45, 2.75) is 44.3 Å². The number of likely N-dealkylation sites (tertiary alicyclic amines) is 1. The average Bonchev–Trinajstić information content (AvgIpc) is 3.24. The van der Waals surface area contributed by atoms with E-state index in [0.717, 1.165) is 47.4 Å². The van der Waals surface area contributed by atoms with E-state index in [1.807, 2.05) is 64.9 Å². The normalized spacial score (nSPS) is 14.4. The standard InChI is InChI=1S/C25H27N5O2S2/c1-18-10-4-5-11-19(18)30-22(16-29-20-12-6-7-13-21(20)34-25(29)32)26-27-24(30)33-17-23(31)28-14-8-2-3-9-15-28/h4-7,10-13H,2-3,8-9,14-17H2,1H3. The highest BCUT2D eigenvalue weighted by Gasteiger charge is 2.21. The summed E-state index contributed by atoms with van der Waals surface area (Å²) in [4.78, 5) is 27.6. The summed E-state index contributed by atoms with van der Waals surface area (Å²) < 4.78 is 4.69. The van der Waals surface area contributed by atoms with Crippen molar-refractivity contribution in [3.05, 3.63) is 69.6 Å². The predicted octanol–water partition coefficient (Wildman–Crippen LogP) is 4.50. The SMILES string of the molecule is Cc1ccccc1-n1c(Cn2c(=O)sc3ccccc32)nnc1SCC(=O)N1CCCCCC1. The Bertz CT molecular complexity index is 1370. The van der Waals surface area contributed by atoms with Crippen LogP contribution < -0.4 is 4.87 Å². The lowest BCUT2D eigenvalue weighted by Crippen LogP contribution is -2.33. The maximum absolute atomic E-state index is 12.9. The van der Waals surface area contributed by atoms with Gasteiger partial charge < -0.3 is 4.90 Å². The van der Waals surface area contributed by atoms with E-state index in [2.05, 4.69) is 10.2 Å². The Morgan fingerprint density at radius 2 is 1.74 bits per heavy atom. The second-order valence-corrected chi connectivity index (χ2v) is 10.5. The van der Waals surface area contributed by atoms with Gasteiger partial charge in [-0.05, 0) is 43.5 Å². The summed E-state index contributed by atoms with van der Waals surface area (Å²) >= 11 is 2.65. The smallest absolute Gasteiger partial charge is 0.308 e. The number of hydrogen-bond acceptors (Lipinski definition) is 6. The van der Waals surface area contributed by atoms with Gasteiger partial charge in [0.25, 0.3) is 0 Å².